The van der Waals surface area contributed by atoms with E-state index < -0.39 is 0 Å². The van der Waals surface area contributed by atoms with Crippen molar-refractivity contribution < 1.29 is 9.21 Å². The Morgan fingerprint density at radius 2 is 1.86 bits per heavy atom. The number of anilines is 1. The molecule has 112 valence electrons. The SMILES string of the molecule is CCN(Cc1ccc(N(C)C)cc1)C(=O)c1ccoc1Cl. The summed E-state index contributed by atoms with van der Waals surface area (Å²) < 4.78 is 4.98. The predicted molar refractivity (Wildman–Crippen MR) is 84.9 cm³/mol. The van der Waals surface area contributed by atoms with Gasteiger partial charge in [-0.25, -0.2) is 0 Å². The van der Waals surface area contributed by atoms with E-state index >= 15 is 0 Å². The van der Waals surface area contributed by atoms with E-state index in [2.05, 4.69) is 0 Å². The Balaban J connectivity index is 2.12. The molecule has 1 aromatic carbocycles. The van der Waals surface area contributed by atoms with Gasteiger partial charge in [0.25, 0.3) is 5.91 Å². The molecule has 1 amide bonds. The average Bonchev–Trinajstić information content (AvgIpc) is 2.90. The maximum Gasteiger partial charge on any atom is 0.259 e. The molecule has 0 unspecified atom stereocenters. The molecule has 2 aromatic rings. The second-order valence-electron chi connectivity index (χ2n) is 4.99. The molecule has 0 bridgehead atoms. The lowest BCUT2D eigenvalue weighted by Gasteiger charge is -2.21. The zero-order chi connectivity index (χ0) is 15.4. The Morgan fingerprint density at radius 3 is 2.33 bits per heavy atom. The fraction of sp³-hybridized carbons (Fsp3) is 0.312. The van der Waals surface area contributed by atoms with Crippen LogP contribution in [0.25, 0.3) is 0 Å². The summed E-state index contributed by atoms with van der Waals surface area (Å²) in [6.07, 6.45) is 1.43. The normalized spacial score (nSPS) is 10.5. The fourth-order valence-corrected chi connectivity index (χ4v) is 2.26. The van der Waals surface area contributed by atoms with Crippen molar-refractivity contribution in [2.24, 2.45) is 0 Å². The molecule has 0 atom stereocenters. The number of rotatable bonds is 5. The Labute approximate surface area is 129 Å². The minimum atomic E-state index is -0.118. The van der Waals surface area contributed by atoms with Crippen LogP contribution >= 0.6 is 11.6 Å². The third-order valence-electron chi connectivity index (χ3n) is 3.34. The second-order valence-corrected chi connectivity index (χ2v) is 5.33. The lowest BCUT2D eigenvalue weighted by atomic mass is 10.1. The number of nitrogens with zero attached hydrogens (tertiary/aromatic N) is 2. The third-order valence-corrected chi connectivity index (χ3v) is 3.64. The summed E-state index contributed by atoms with van der Waals surface area (Å²) in [6.45, 7) is 3.10. The number of hydrogen-bond donors (Lipinski definition) is 0. The summed E-state index contributed by atoms with van der Waals surface area (Å²) in [5, 5.41) is 0.140. The monoisotopic (exact) mass is 306 g/mol. The van der Waals surface area contributed by atoms with E-state index in [1.807, 2.05) is 50.2 Å². The summed E-state index contributed by atoms with van der Waals surface area (Å²) >= 11 is 5.87. The van der Waals surface area contributed by atoms with E-state index in [4.69, 9.17) is 16.0 Å². The molecule has 0 spiro atoms. The molecule has 0 saturated carbocycles. The molecule has 0 aliphatic carbocycles. The van der Waals surface area contributed by atoms with Gasteiger partial charge in [-0.15, -0.1) is 0 Å². The number of hydrogen-bond acceptors (Lipinski definition) is 3. The molecule has 0 radical (unpaired) electrons. The van der Waals surface area contributed by atoms with Gasteiger partial charge >= 0.3 is 0 Å². The van der Waals surface area contributed by atoms with E-state index in [0.29, 0.717) is 18.7 Å². The summed E-state index contributed by atoms with van der Waals surface area (Å²) in [7, 11) is 4.00. The van der Waals surface area contributed by atoms with Gasteiger partial charge in [0.1, 0.15) is 0 Å². The number of benzene rings is 1. The third kappa shape index (κ3) is 3.58. The van der Waals surface area contributed by atoms with Crippen molar-refractivity contribution in [3.63, 3.8) is 0 Å². The second kappa shape index (κ2) is 6.68. The highest BCUT2D eigenvalue weighted by Crippen LogP contribution is 2.20. The highest BCUT2D eigenvalue weighted by atomic mass is 35.5. The number of halogens is 1. The van der Waals surface area contributed by atoms with E-state index in [9.17, 15) is 4.79 Å². The van der Waals surface area contributed by atoms with E-state index in [1.54, 1.807) is 11.0 Å². The Morgan fingerprint density at radius 1 is 1.19 bits per heavy atom. The molecule has 5 heteroatoms. The molecular weight excluding hydrogens is 288 g/mol. The van der Waals surface area contributed by atoms with Crippen LogP contribution in [0.5, 0.6) is 0 Å². The van der Waals surface area contributed by atoms with Gasteiger partial charge in [0.05, 0.1) is 11.8 Å². The Bertz CT molecular complexity index is 605. The van der Waals surface area contributed by atoms with Gasteiger partial charge < -0.3 is 14.2 Å². The summed E-state index contributed by atoms with van der Waals surface area (Å²) in [5.74, 6) is -0.118. The molecule has 2 rings (SSSR count). The highest BCUT2D eigenvalue weighted by Gasteiger charge is 2.19. The van der Waals surface area contributed by atoms with Crippen LogP contribution < -0.4 is 4.90 Å². The van der Waals surface area contributed by atoms with Crippen LogP contribution in [-0.2, 0) is 6.54 Å². The Kier molecular flexibility index (Phi) is 4.91. The molecular formula is C16H19ClN2O2. The smallest absolute Gasteiger partial charge is 0.259 e. The first-order valence-corrected chi connectivity index (χ1v) is 7.19. The van der Waals surface area contributed by atoms with Crippen molar-refractivity contribution in [3.8, 4) is 0 Å². The molecule has 1 heterocycles. The van der Waals surface area contributed by atoms with Crippen molar-refractivity contribution in [1.82, 2.24) is 4.90 Å². The summed E-state index contributed by atoms with van der Waals surface area (Å²) in [6, 6.07) is 9.74. The first kappa shape index (κ1) is 15.4. The minimum Gasteiger partial charge on any atom is -0.452 e. The zero-order valence-corrected chi connectivity index (χ0v) is 13.2. The molecule has 0 fully saturated rings. The topological polar surface area (TPSA) is 36.7 Å². The first-order chi connectivity index (χ1) is 10.0. The largest absolute Gasteiger partial charge is 0.452 e. The van der Waals surface area contributed by atoms with Crippen molar-refractivity contribution in [2.75, 3.05) is 25.5 Å². The highest BCUT2D eigenvalue weighted by molar-refractivity contribution is 6.32. The van der Waals surface area contributed by atoms with E-state index in [0.717, 1.165) is 11.3 Å². The van der Waals surface area contributed by atoms with Gasteiger partial charge in [0, 0.05) is 32.9 Å². The van der Waals surface area contributed by atoms with Gasteiger partial charge in [-0.2, -0.15) is 0 Å². The number of carbonyl (C=O) groups excluding carboxylic acids is 1. The maximum absolute atomic E-state index is 12.4. The molecule has 0 N–H and O–H groups in total. The van der Waals surface area contributed by atoms with Crippen LogP contribution in [-0.4, -0.2) is 31.4 Å². The van der Waals surface area contributed by atoms with Crippen molar-refractivity contribution in [3.05, 3.63) is 52.9 Å². The van der Waals surface area contributed by atoms with Crippen LogP contribution in [0.4, 0.5) is 5.69 Å². The summed E-state index contributed by atoms with van der Waals surface area (Å²) in [5.41, 5.74) is 2.62. The van der Waals surface area contributed by atoms with Gasteiger partial charge in [0.2, 0.25) is 5.22 Å². The quantitative estimate of drug-likeness (QED) is 0.846. The molecule has 0 aliphatic rings. The van der Waals surface area contributed by atoms with Crippen molar-refractivity contribution in [1.29, 1.82) is 0 Å². The predicted octanol–water partition coefficient (Wildman–Crippen LogP) is 3.66. The number of furan rings is 1. The summed E-state index contributed by atoms with van der Waals surface area (Å²) in [4.78, 5) is 16.2. The molecule has 0 aliphatic heterocycles. The molecule has 0 saturated heterocycles. The van der Waals surface area contributed by atoms with E-state index in [1.165, 1.54) is 6.26 Å². The van der Waals surface area contributed by atoms with Crippen LogP contribution in [0, 0.1) is 0 Å². The van der Waals surface area contributed by atoms with Gasteiger partial charge in [-0.3, -0.25) is 4.79 Å². The lowest BCUT2D eigenvalue weighted by Crippen LogP contribution is -2.30. The van der Waals surface area contributed by atoms with Crippen LogP contribution in [0.15, 0.2) is 41.0 Å². The van der Waals surface area contributed by atoms with Gasteiger partial charge in [-0.05, 0) is 42.3 Å². The van der Waals surface area contributed by atoms with E-state index in [-0.39, 0.29) is 11.1 Å². The first-order valence-electron chi connectivity index (χ1n) is 6.81. The Hall–Kier alpha value is -1.94. The standard InChI is InChI=1S/C16H19ClN2O2/c1-4-19(16(20)14-9-10-21-15(14)17)11-12-5-7-13(8-6-12)18(2)3/h5-10H,4,11H2,1-3H3. The van der Waals surface area contributed by atoms with Crippen molar-refractivity contribution in [2.45, 2.75) is 13.5 Å². The maximum atomic E-state index is 12.4. The lowest BCUT2D eigenvalue weighted by molar-refractivity contribution is 0.0752. The average molecular weight is 307 g/mol. The fourth-order valence-electron chi connectivity index (χ4n) is 2.06. The minimum absolute atomic E-state index is 0.118. The van der Waals surface area contributed by atoms with Gasteiger partial charge in [0.15, 0.2) is 0 Å². The van der Waals surface area contributed by atoms with Gasteiger partial charge in [-0.1, -0.05) is 12.1 Å². The number of carbonyl (C=O) groups is 1. The van der Waals surface area contributed by atoms with Crippen LogP contribution in [0.3, 0.4) is 0 Å². The molecule has 1 aromatic heterocycles. The molecule has 4 nitrogen and oxygen atoms in total. The molecule has 21 heavy (non-hydrogen) atoms. The van der Waals surface area contributed by atoms with Crippen molar-refractivity contribution >= 4 is 23.2 Å². The van der Waals surface area contributed by atoms with Crippen LogP contribution in [0.1, 0.15) is 22.8 Å². The number of amides is 1. The van der Waals surface area contributed by atoms with Crippen LogP contribution in [0.2, 0.25) is 5.22 Å². The zero-order valence-electron chi connectivity index (χ0n) is 12.5.